The summed E-state index contributed by atoms with van der Waals surface area (Å²) in [6.45, 7) is 3.22. The molecule has 0 atom stereocenters. The highest BCUT2D eigenvalue weighted by atomic mass is 16.6. The van der Waals surface area contributed by atoms with Gasteiger partial charge in [0.15, 0.2) is 5.57 Å². The van der Waals surface area contributed by atoms with E-state index in [1.165, 1.54) is 0 Å². The van der Waals surface area contributed by atoms with Gasteiger partial charge in [-0.15, -0.1) is 5.10 Å². The maximum atomic E-state index is 11.7. The van der Waals surface area contributed by atoms with Crippen molar-refractivity contribution in [3.63, 3.8) is 0 Å². The van der Waals surface area contributed by atoms with Gasteiger partial charge >= 0.3 is 17.6 Å². The number of aromatic amines is 1. The van der Waals surface area contributed by atoms with Crippen molar-refractivity contribution in [3.05, 3.63) is 21.9 Å². The summed E-state index contributed by atoms with van der Waals surface area (Å²) < 4.78 is 9.42. The molecule has 0 spiro atoms. The lowest BCUT2D eigenvalue weighted by Crippen LogP contribution is -2.19. The molecule has 1 rings (SSSR count). The number of ether oxygens (including phenoxy) is 2. The van der Waals surface area contributed by atoms with Crippen LogP contribution in [0, 0.1) is 10.1 Å². The fraction of sp³-hybridized carbons (Fsp3) is 0.364. The molecule has 4 N–H and O–H groups in total. The first kappa shape index (κ1) is 16.9. The number of esters is 2. The predicted octanol–water partition coefficient (Wildman–Crippen LogP) is 0.322. The first-order valence-electron chi connectivity index (χ1n) is 6.21. The van der Waals surface area contributed by atoms with Crippen LogP contribution in [0.2, 0.25) is 0 Å². The fourth-order valence-electron chi connectivity index (χ4n) is 1.39. The lowest BCUT2D eigenvalue weighted by molar-refractivity contribution is -0.383. The minimum Gasteiger partial charge on any atom is -0.462 e. The van der Waals surface area contributed by atoms with Crippen molar-refractivity contribution in [1.29, 1.82) is 0 Å². The monoisotopic (exact) mass is 313 g/mol. The molecule has 0 aliphatic rings. The number of nitrogens with two attached hydrogens (primary N) is 1. The van der Waals surface area contributed by atoms with Crippen LogP contribution < -0.4 is 11.1 Å². The van der Waals surface area contributed by atoms with E-state index in [-0.39, 0.29) is 24.8 Å². The topological polar surface area (TPSA) is 162 Å². The van der Waals surface area contributed by atoms with E-state index >= 15 is 0 Å². The average Bonchev–Trinajstić information content (AvgIpc) is 2.81. The van der Waals surface area contributed by atoms with E-state index < -0.39 is 28.1 Å². The Kier molecular flexibility index (Phi) is 5.86. The predicted molar refractivity (Wildman–Crippen MR) is 74.6 cm³/mol. The van der Waals surface area contributed by atoms with Crippen molar-refractivity contribution in [1.82, 2.24) is 10.2 Å². The second kappa shape index (κ2) is 7.61. The third kappa shape index (κ3) is 3.94. The molecular formula is C11H15N5O6. The number of aromatic nitrogens is 2. The summed E-state index contributed by atoms with van der Waals surface area (Å²) in [5.41, 5.74) is 4.39. The summed E-state index contributed by atoms with van der Waals surface area (Å²) in [5.74, 6) is -2.39. The third-order valence-electron chi connectivity index (χ3n) is 2.29. The molecule has 1 aromatic heterocycles. The Labute approximate surface area is 124 Å². The van der Waals surface area contributed by atoms with Gasteiger partial charge in [0.2, 0.25) is 11.6 Å². The van der Waals surface area contributed by atoms with Gasteiger partial charge in [-0.3, -0.25) is 15.2 Å². The zero-order valence-corrected chi connectivity index (χ0v) is 11.9. The minimum atomic E-state index is -0.931. The van der Waals surface area contributed by atoms with Crippen molar-refractivity contribution >= 4 is 29.3 Å². The number of nitro groups is 1. The molecule has 0 amide bonds. The number of hydrogen-bond donors (Lipinski definition) is 3. The zero-order valence-electron chi connectivity index (χ0n) is 11.9. The highest BCUT2D eigenvalue weighted by molar-refractivity contribution is 6.14. The van der Waals surface area contributed by atoms with Gasteiger partial charge in [0, 0.05) is 6.20 Å². The van der Waals surface area contributed by atoms with Gasteiger partial charge in [-0.2, -0.15) is 0 Å². The van der Waals surface area contributed by atoms with Crippen molar-refractivity contribution in [2.75, 3.05) is 24.3 Å². The van der Waals surface area contributed by atoms with Crippen LogP contribution in [-0.4, -0.2) is 40.3 Å². The van der Waals surface area contributed by atoms with Crippen molar-refractivity contribution in [3.8, 4) is 0 Å². The molecule has 0 aromatic carbocycles. The van der Waals surface area contributed by atoms with E-state index in [0.29, 0.717) is 0 Å². The Morgan fingerprint density at radius 2 is 1.91 bits per heavy atom. The van der Waals surface area contributed by atoms with Gasteiger partial charge in [0.1, 0.15) is 0 Å². The normalized spacial score (nSPS) is 9.73. The van der Waals surface area contributed by atoms with E-state index in [4.69, 9.17) is 15.2 Å². The molecule has 0 radical (unpaired) electrons. The highest BCUT2D eigenvalue weighted by Crippen LogP contribution is 2.27. The van der Waals surface area contributed by atoms with E-state index in [1.54, 1.807) is 13.8 Å². The lowest BCUT2D eigenvalue weighted by Gasteiger charge is -2.06. The fourth-order valence-corrected chi connectivity index (χ4v) is 1.39. The van der Waals surface area contributed by atoms with Gasteiger partial charge < -0.3 is 20.5 Å². The van der Waals surface area contributed by atoms with Crippen LogP contribution >= 0.6 is 0 Å². The Hall–Kier alpha value is -3.11. The molecule has 0 aliphatic heterocycles. The van der Waals surface area contributed by atoms with Gasteiger partial charge in [-0.1, -0.05) is 0 Å². The quantitative estimate of drug-likeness (QED) is 0.161. The molecule has 120 valence electrons. The van der Waals surface area contributed by atoms with E-state index in [1.807, 2.05) is 0 Å². The van der Waals surface area contributed by atoms with Gasteiger partial charge in [-0.25, -0.2) is 9.59 Å². The van der Waals surface area contributed by atoms with Crippen LogP contribution in [0.1, 0.15) is 13.8 Å². The lowest BCUT2D eigenvalue weighted by atomic mass is 10.3. The Morgan fingerprint density at radius 3 is 2.36 bits per heavy atom. The van der Waals surface area contributed by atoms with E-state index in [2.05, 4.69) is 15.5 Å². The smallest absolute Gasteiger partial charge is 0.354 e. The molecule has 0 fully saturated rings. The van der Waals surface area contributed by atoms with E-state index in [9.17, 15) is 19.7 Å². The second-order valence-electron chi connectivity index (χ2n) is 3.73. The van der Waals surface area contributed by atoms with Gasteiger partial charge in [-0.05, 0) is 13.8 Å². The minimum absolute atomic E-state index is 0.0467. The first-order valence-corrected chi connectivity index (χ1v) is 6.21. The van der Waals surface area contributed by atoms with Gasteiger partial charge in [0.25, 0.3) is 0 Å². The van der Waals surface area contributed by atoms with Crippen molar-refractivity contribution in [2.24, 2.45) is 0 Å². The number of carbonyl (C=O) groups excluding carboxylic acids is 2. The number of anilines is 2. The molecule has 22 heavy (non-hydrogen) atoms. The van der Waals surface area contributed by atoms with Crippen molar-refractivity contribution < 1.29 is 24.0 Å². The number of nitrogens with zero attached hydrogens (tertiary/aromatic N) is 2. The zero-order chi connectivity index (χ0) is 16.7. The van der Waals surface area contributed by atoms with Crippen LogP contribution in [0.3, 0.4) is 0 Å². The highest BCUT2D eigenvalue weighted by Gasteiger charge is 2.24. The van der Waals surface area contributed by atoms with Crippen LogP contribution in [0.5, 0.6) is 0 Å². The maximum absolute atomic E-state index is 11.7. The second-order valence-corrected chi connectivity index (χ2v) is 3.73. The maximum Gasteiger partial charge on any atom is 0.354 e. The van der Waals surface area contributed by atoms with Crippen LogP contribution in [-0.2, 0) is 19.1 Å². The molecular weight excluding hydrogens is 298 g/mol. The number of rotatable bonds is 7. The van der Waals surface area contributed by atoms with Crippen LogP contribution in [0.25, 0.3) is 0 Å². The molecule has 0 saturated carbocycles. The Morgan fingerprint density at radius 1 is 1.36 bits per heavy atom. The molecule has 0 bridgehead atoms. The summed E-state index contributed by atoms with van der Waals surface area (Å²) in [5, 5.41) is 19.0. The van der Waals surface area contributed by atoms with Crippen molar-refractivity contribution in [2.45, 2.75) is 13.8 Å². The number of carbonyl (C=O) groups is 2. The molecule has 1 aromatic rings. The molecule has 0 unspecified atom stereocenters. The number of H-pyrrole nitrogens is 1. The standard InChI is InChI=1S/C11H15N5O6/c1-3-21-10(17)6(11(18)22-4-2)5-13-9-7(16(19)20)8(12)14-15-9/h5H,3-4H2,1-2H3,(H4,12,13,14,15). The molecule has 1 heterocycles. The number of nitrogens with one attached hydrogen (secondary N) is 2. The van der Waals surface area contributed by atoms with Crippen LogP contribution in [0.15, 0.2) is 11.8 Å². The third-order valence-corrected chi connectivity index (χ3v) is 2.29. The summed E-state index contributed by atoms with van der Waals surface area (Å²) >= 11 is 0. The largest absolute Gasteiger partial charge is 0.462 e. The summed E-state index contributed by atoms with van der Waals surface area (Å²) in [6, 6.07) is 0. The number of hydrogen-bond acceptors (Lipinski definition) is 9. The SMILES string of the molecule is CCOC(=O)C(=CNc1n[nH]c(N)c1[N+](=O)[O-])C(=O)OCC. The Balaban J connectivity index is 3.05. The number of nitrogen functional groups attached to an aromatic ring is 1. The summed E-state index contributed by atoms with van der Waals surface area (Å²) in [4.78, 5) is 33.5. The van der Waals surface area contributed by atoms with Gasteiger partial charge in [0.05, 0.1) is 18.1 Å². The average molecular weight is 313 g/mol. The molecule has 0 aliphatic carbocycles. The summed E-state index contributed by atoms with van der Waals surface area (Å²) in [6.07, 6.45) is 0.915. The molecule has 11 heteroatoms. The Bertz CT molecular complexity index is 588. The van der Waals surface area contributed by atoms with Crippen LogP contribution in [0.4, 0.5) is 17.3 Å². The molecule has 0 saturated heterocycles. The molecule has 11 nitrogen and oxygen atoms in total. The summed E-state index contributed by atoms with van der Waals surface area (Å²) in [7, 11) is 0. The first-order chi connectivity index (χ1) is 10.4. The van der Waals surface area contributed by atoms with E-state index in [0.717, 1.165) is 6.20 Å².